The first-order valence-electron chi connectivity index (χ1n) is 11.8. The average molecular weight is 331 g/mol. The highest BCUT2D eigenvalue weighted by Gasteiger charge is 2.70. The third kappa shape index (κ3) is 2.61. The second-order valence-corrected chi connectivity index (χ2v) is 10.2. The van der Waals surface area contributed by atoms with Gasteiger partial charge in [0.25, 0.3) is 0 Å². The Bertz CT molecular complexity index is 400. The summed E-state index contributed by atoms with van der Waals surface area (Å²) in [4.78, 5) is 0. The van der Waals surface area contributed by atoms with E-state index in [2.05, 4.69) is 6.92 Å². The normalized spacial score (nSPS) is 30.9. The Balaban J connectivity index is 1.55. The smallest absolute Gasteiger partial charge is 0.0182 e. The van der Waals surface area contributed by atoms with Gasteiger partial charge in [0.15, 0.2) is 0 Å². The lowest BCUT2D eigenvalue weighted by molar-refractivity contribution is -0.144. The molecule has 4 aliphatic rings. The van der Waals surface area contributed by atoms with E-state index in [4.69, 9.17) is 0 Å². The molecule has 0 aliphatic heterocycles. The van der Waals surface area contributed by atoms with Crippen LogP contribution in [-0.2, 0) is 0 Å². The standard InChI is InChI=1S/C24H42/c1-2-3-4-8-14-22(19-20-22)24(17-11-18-24)23(15-9-10-16-23)21-12-6-5-7-13-21/h21H,2-20H2,1H3. The maximum Gasteiger partial charge on any atom is -0.0182 e. The summed E-state index contributed by atoms with van der Waals surface area (Å²) in [5.41, 5.74) is 2.43. The Kier molecular flexibility index (Phi) is 5.05. The summed E-state index contributed by atoms with van der Waals surface area (Å²) < 4.78 is 0. The van der Waals surface area contributed by atoms with Crippen LogP contribution in [0.3, 0.4) is 0 Å². The summed E-state index contributed by atoms with van der Waals surface area (Å²) in [6.45, 7) is 2.36. The Morgan fingerprint density at radius 3 is 1.92 bits per heavy atom. The number of unbranched alkanes of at least 4 members (excludes halogenated alkanes) is 3. The van der Waals surface area contributed by atoms with Crippen molar-refractivity contribution in [3.05, 3.63) is 0 Å². The van der Waals surface area contributed by atoms with Crippen molar-refractivity contribution < 1.29 is 0 Å². The molecule has 0 aromatic carbocycles. The molecule has 0 nitrogen and oxygen atoms in total. The van der Waals surface area contributed by atoms with Crippen molar-refractivity contribution in [2.45, 2.75) is 129 Å². The van der Waals surface area contributed by atoms with E-state index in [1.54, 1.807) is 89.9 Å². The first kappa shape index (κ1) is 17.4. The maximum atomic E-state index is 2.36. The first-order chi connectivity index (χ1) is 11.8. The number of hydrogen-bond acceptors (Lipinski definition) is 0. The monoisotopic (exact) mass is 330 g/mol. The Morgan fingerprint density at radius 2 is 1.38 bits per heavy atom. The average Bonchev–Trinajstić information content (AvgIpc) is 3.18. The molecule has 24 heavy (non-hydrogen) atoms. The van der Waals surface area contributed by atoms with Crippen LogP contribution in [0.5, 0.6) is 0 Å². The molecule has 0 heteroatoms. The van der Waals surface area contributed by atoms with E-state index in [0.29, 0.717) is 0 Å². The van der Waals surface area contributed by atoms with Gasteiger partial charge in [0.05, 0.1) is 0 Å². The van der Waals surface area contributed by atoms with Gasteiger partial charge in [-0.3, -0.25) is 0 Å². The molecule has 0 bridgehead atoms. The summed E-state index contributed by atoms with van der Waals surface area (Å²) in [5.74, 6) is 1.11. The highest BCUT2D eigenvalue weighted by atomic mass is 14.7. The summed E-state index contributed by atoms with van der Waals surface area (Å²) >= 11 is 0. The minimum Gasteiger partial charge on any atom is -0.0654 e. The first-order valence-corrected chi connectivity index (χ1v) is 11.8. The fourth-order valence-electron chi connectivity index (χ4n) is 8.03. The van der Waals surface area contributed by atoms with Gasteiger partial charge >= 0.3 is 0 Å². The van der Waals surface area contributed by atoms with E-state index in [1.165, 1.54) is 32.1 Å². The molecular weight excluding hydrogens is 288 g/mol. The van der Waals surface area contributed by atoms with Crippen LogP contribution in [0.2, 0.25) is 0 Å². The third-order valence-electron chi connectivity index (χ3n) is 9.42. The van der Waals surface area contributed by atoms with Crippen molar-refractivity contribution in [2.75, 3.05) is 0 Å². The molecule has 0 saturated heterocycles. The molecule has 0 unspecified atom stereocenters. The van der Waals surface area contributed by atoms with Crippen molar-refractivity contribution in [1.82, 2.24) is 0 Å². The van der Waals surface area contributed by atoms with E-state index in [1.807, 2.05) is 0 Å². The lowest BCUT2D eigenvalue weighted by Crippen LogP contribution is -2.55. The van der Waals surface area contributed by atoms with E-state index >= 15 is 0 Å². The third-order valence-corrected chi connectivity index (χ3v) is 9.42. The van der Waals surface area contributed by atoms with Gasteiger partial charge in [-0.1, -0.05) is 71.1 Å². The summed E-state index contributed by atoms with van der Waals surface area (Å²) in [6.07, 6.45) is 29.7. The van der Waals surface area contributed by atoms with Crippen LogP contribution >= 0.6 is 0 Å². The van der Waals surface area contributed by atoms with E-state index in [-0.39, 0.29) is 0 Å². The van der Waals surface area contributed by atoms with Gasteiger partial charge in [0.2, 0.25) is 0 Å². The lowest BCUT2D eigenvalue weighted by atomic mass is 9.41. The van der Waals surface area contributed by atoms with Crippen LogP contribution in [-0.4, -0.2) is 0 Å². The molecule has 4 rings (SSSR count). The molecule has 0 aromatic rings. The zero-order valence-electron chi connectivity index (χ0n) is 16.5. The van der Waals surface area contributed by atoms with Crippen LogP contribution in [0.1, 0.15) is 129 Å². The van der Waals surface area contributed by atoms with Crippen molar-refractivity contribution >= 4 is 0 Å². The van der Waals surface area contributed by atoms with Crippen LogP contribution < -0.4 is 0 Å². The Morgan fingerprint density at radius 1 is 0.667 bits per heavy atom. The van der Waals surface area contributed by atoms with Crippen LogP contribution in [0.15, 0.2) is 0 Å². The molecule has 0 spiro atoms. The predicted octanol–water partition coefficient (Wildman–Crippen LogP) is 8.05. The molecule has 0 radical (unpaired) electrons. The number of rotatable bonds is 8. The Labute approximate surface area is 151 Å². The molecular formula is C24H42. The van der Waals surface area contributed by atoms with Gasteiger partial charge in [-0.05, 0) is 80.0 Å². The highest BCUT2D eigenvalue weighted by Crippen LogP contribution is 2.79. The van der Waals surface area contributed by atoms with Gasteiger partial charge in [0.1, 0.15) is 0 Å². The fourth-order valence-corrected chi connectivity index (χ4v) is 8.03. The second kappa shape index (κ2) is 6.96. The molecule has 0 aromatic heterocycles. The van der Waals surface area contributed by atoms with Crippen LogP contribution in [0, 0.1) is 22.2 Å². The van der Waals surface area contributed by atoms with Crippen LogP contribution in [0.4, 0.5) is 0 Å². The van der Waals surface area contributed by atoms with Crippen LogP contribution in [0.25, 0.3) is 0 Å². The zero-order chi connectivity index (χ0) is 16.5. The SMILES string of the molecule is CCCCCCC1(C2(C3(C4CCCCC4)CCCC3)CCC2)CC1. The van der Waals surface area contributed by atoms with Crippen molar-refractivity contribution in [3.63, 3.8) is 0 Å². The van der Waals surface area contributed by atoms with Crippen molar-refractivity contribution in [2.24, 2.45) is 22.2 Å². The van der Waals surface area contributed by atoms with Gasteiger partial charge in [0, 0.05) is 0 Å². The summed E-state index contributed by atoms with van der Waals surface area (Å²) in [7, 11) is 0. The van der Waals surface area contributed by atoms with E-state index in [9.17, 15) is 0 Å². The molecule has 4 fully saturated rings. The van der Waals surface area contributed by atoms with Gasteiger partial charge < -0.3 is 0 Å². The fraction of sp³-hybridized carbons (Fsp3) is 1.00. The van der Waals surface area contributed by atoms with Crippen molar-refractivity contribution in [1.29, 1.82) is 0 Å². The van der Waals surface area contributed by atoms with Gasteiger partial charge in [-0.2, -0.15) is 0 Å². The molecule has 0 atom stereocenters. The predicted molar refractivity (Wildman–Crippen MR) is 104 cm³/mol. The second-order valence-electron chi connectivity index (χ2n) is 10.2. The summed E-state index contributed by atoms with van der Waals surface area (Å²) in [6, 6.07) is 0. The molecule has 0 N–H and O–H groups in total. The quantitative estimate of drug-likeness (QED) is 0.395. The zero-order valence-corrected chi connectivity index (χ0v) is 16.5. The summed E-state index contributed by atoms with van der Waals surface area (Å²) in [5, 5.41) is 0. The molecule has 0 heterocycles. The van der Waals surface area contributed by atoms with E-state index in [0.717, 1.165) is 22.2 Å². The maximum absolute atomic E-state index is 2.36. The van der Waals surface area contributed by atoms with Gasteiger partial charge in [-0.15, -0.1) is 0 Å². The lowest BCUT2D eigenvalue weighted by Gasteiger charge is -2.63. The Hall–Kier alpha value is 0. The molecule has 4 saturated carbocycles. The minimum absolute atomic E-state index is 0.799. The number of hydrogen-bond donors (Lipinski definition) is 0. The molecule has 4 aliphatic carbocycles. The van der Waals surface area contributed by atoms with Gasteiger partial charge in [-0.25, -0.2) is 0 Å². The minimum atomic E-state index is 0.799. The highest BCUT2D eigenvalue weighted by molar-refractivity contribution is 5.19. The topological polar surface area (TPSA) is 0 Å². The molecule has 138 valence electrons. The van der Waals surface area contributed by atoms with Crippen molar-refractivity contribution in [3.8, 4) is 0 Å². The largest absolute Gasteiger partial charge is 0.0654 e. The van der Waals surface area contributed by atoms with E-state index < -0.39 is 0 Å². The molecule has 0 amide bonds.